The van der Waals surface area contributed by atoms with Gasteiger partial charge in [0, 0.05) is 30.7 Å². The van der Waals surface area contributed by atoms with Gasteiger partial charge in [0.2, 0.25) is 5.91 Å². The molecule has 0 unspecified atom stereocenters. The second kappa shape index (κ2) is 11.5. The van der Waals surface area contributed by atoms with Gasteiger partial charge in [-0.3, -0.25) is 9.59 Å². The van der Waals surface area contributed by atoms with E-state index in [9.17, 15) is 9.59 Å². The van der Waals surface area contributed by atoms with Gasteiger partial charge in [-0.15, -0.1) is 0 Å². The predicted molar refractivity (Wildman–Crippen MR) is 145 cm³/mol. The van der Waals surface area contributed by atoms with Crippen LogP contribution in [0.2, 0.25) is 10.0 Å². The van der Waals surface area contributed by atoms with Crippen LogP contribution < -0.4 is 5.32 Å². The maximum Gasteiger partial charge on any atom is 0.254 e. The van der Waals surface area contributed by atoms with E-state index in [0.29, 0.717) is 16.4 Å². The van der Waals surface area contributed by atoms with Crippen LogP contribution in [0.25, 0.3) is 5.69 Å². The molecular weight excluding hydrogens is 499 g/mol. The SMILES string of the molecule is COCCN(CC(=O)Nc1cc(C(C)(C)C)nn1-c1ccc(C)cc1C)C(=O)c1ccc(Cl)c(Cl)c1. The van der Waals surface area contributed by atoms with Crippen LogP contribution in [0.4, 0.5) is 5.82 Å². The molecule has 0 saturated carbocycles. The normalized spacial score (nSPS) is 11.4. The summed E-state index contributed by atoms with van der Waals surface area (Å²) >= 11 is 12.1. The maximum atomic E-state index is 13.2. The number of benzene rings is 2. The summed E-state index contributed by atoms with van der Waals surface area (Å²) in [5, 5.41) is 8.38. The Bertz CT molecular complexity index is 1260. The topological polar surface area (TPSA) is 76.5 Å². The number of hydrogen-bond acceptors (Lipinski definition) is 4. The number of anilines is 1. The lowest BCUT2D eigenvalue weighted by Crippen LogP contribution is -2.40. The van der Waals surface area contributed by atoms with Crippen molar-refractivity contribution in [1.29, 1.82) is 0 Å². The van der Waals surface area contributed by atoms with Gasteiger partial charge in [-0.2, -0.15) is 5.10 Å². The first-order valence-electron chi connectivity index (χ1n) is 11.6. The van der Waals surface area contributed by atoms with E-state index in [2.05, 4.69) is 32.2 Å². The van der Waals surface area contributed by atoms with Crippen LogP contribution in [-0.2, 0) is 14.9 Å². The summed E-state index contributed by atoms with van der Waals surface area (Å²) in [7, 11) is 1.54. The van der Waals surface area contributed by atoms with Crippen LogP contribution in [0.1, 0.15) is 48.0 Å². The molecule has 1 heterocycles. The number of methoxy groups -OCH3 is 1. The number of ether oxygens (including phenoxy) is 1. The third-order valence-electron chi connectivity index (χ3n) is 5.68. The molecule has 0 saturated heterocycles. The lowest BCUT2D eigenvalue weighted by molar-refractivity contribution is -0.117. The second-order valence-corrected chi connectivity index (χ2v) is 10.6. The first kappa shape index (κ1) is 27.7. The third kappa shape index (κ3) is 6.66. The number of carbonyl (C=O) groups is 2. The number of rotatable bonds is 8. The Kier molecular flexibility index (Phi) is 8.82. The first-order chi connectivity index (χ1) is 16.9. The Morgan fingerprint density at radius 1 is 1.06 bits per heavy atom. The molecule has 0 fully saturated rings. The molecule has 0 bridgehead atoms. The monoisotopic (exact) mass is 530 g/mol. The summed E-state index contributed by atoms with van der Waals surface area (Å²) in [6, 6.07) is 12.6. The Morgan fingerprint density at radius 2 is 1.78 bits per heavy atom. The van der Waals surface area contributed by atoms with E-state index in [1.165, 1.54) is 11.0 Å². The molecule has 2 aromatic carbocycles. The second-order valence-electron chi connectivity index (χ2n) is 9.76. The molecule has 0 aliphatic heterocycles. The van der Waals surface area contributed by atoms with Gasteiger partial charge < -0.3 is 15.0 Å². The highest BCUT2D eigenvalue weighted by atomic mass is 35.5. The van der Waals surface area contributed by atoms with Crippen LogP contribution in [0.15, 0.2) is 42.5 Å². The zero-order valence-electron chi connectivity index (χ0n) is 21.5. The van der Waals surface area contributed by atoms with Crippen LogP contribution in [0.3, 0.4) is 0 Å². The molecule has 2 amide bonds. The Morgan fingerprint density at radius 3 is 2.39 bits per heavy atom. The molecule has 1 aromatic heterocycles. The zero-order valence-corrected chi connectivity index (χ0v) is 23.0. The number of aryl methyl sites for hydroxylation is 2. The Labute approximate surface area is 222 Å². The van der Waals surface area contributed by atoms with Crippen molar-refractivity contribution >= 4 is 40.8 Å². The van der Waals surface area contributed by atoms with Gasteiger partial charge in [0.25, 0.3) is 5.91 Å². The maximum absolute atomic E-state index is 13.2. The molecule has 3 aromatic rings. The first-order valence-corrected chi connectivity index (χ1v) is 12.4. The van der Waals surface area contributed by atoms with Crippen LogP contribution in [0.5, 0.6) is 0 Å². The molecule has 0 atom stereocenters. The van der Waals surface area contributed by atoms with Crippen molar-refractivity contribution in [3.05, 3.63) is 74.9 Å². The molecule has 36 heavy (non-hydrogen) atoms. The molecule has 9 heteroatoms. The predicted octanol–water partition coefficient (Wildman–Crippen LogP) is 5.82. The molecule has 0 radical (unpaired) electrons. The third-order valence-corrected chi connectivity index (χ3v) is 6.42. The molecule has 3 rings (SSSR count). The number of amides is 2. The van der Waals surface area contributed by atoms with Crippen molar-refractivity contribution in [2.75, 3.05) is 32.1 Å². The Hall–Kier alpha value is -2.87. The number of halogens is 2. The van der Waals surface area contributed by atoms with Crippen LogP contribution in [0, 0.1) is 13.8 Å². The highest BCUT2D eigenvalue weighted by Crippen LogP contribution is 2.28. The van der Waals surface area contributed by atoms with Gasteiger partial charge >= 0.3 is 0 Å². The summed E-state index contributed by atoms with van der Waals surface area (Å²) in [6.45, 7) is 10.6. The average Bonchev–Trinajstić information content (AvgIpc) is 3.22. The number of aromatic nitrogens is 2. The summed E-state index contributed by atoms with van der Waals surface area (Å²) in [5.41, 5.74) is 3.99. The van der Waals surface area contributed by atoms with E-state index < -0.39 is 0 Å². The van der Waals surface area contributed by atoms with Gasteiger partial charge in [0.1, 0.15) is 12.4 Å². The number of nitrogens with one attached hydrogen (secondary N) is 1. The summed E-state index contributed by atoms with van der Waals surface area (Å²) in [4.78, 5) is 27.8. The van der Waals surface area contributed by atoms with Crippen molar-refractivity contribution < 1.29 is 14.3 Å². The molecule has 0 aliphatic carbocycles. The highest BCUT2D eigenvalue weighted by Gasteiger charge is 2.24. The minimum Gasteiger partial charge on any atom is -0.383 e. The van der Waals surface area contributed by atoms with Gasteiger partial charge in [-0.1, -0.05) is 61.7 Å². The number of nitrogens with zero attached hydrogens (tertiary/aromatic N) is 3. The van der Waals surface area contributed by atoms with Gasteiger partial charge in [-0.05, 0) is 43.7 Å². The van der Waals surface area contributed by atoms with Crippen molar-refractivity contribution in [1.82, 2.24) is 14.7 Å². The smallest absolute Gasteiger partial charge is 0.254 e. The fourth-order valence-electron chi connectivity index (χ4n) is 3.68. The van der Waals surface area contributed by atoms with E-state index in [0.717, 1.165) is 22.5 Å². The zero-order chi connectivity index (χ0) is 26.6. The highest BCUT2D eigenvalue weighted by molar-refractivity contribution is 6.42. The summed E-state index contributed by atoms with van der Waals surface area (Å²) in [6.07, 6.45) is 0. The molecule has 7 nitrogen and oxygen atoms in total. The van der Waals surface area contributed by atoms with E-state index in [-0.39, 0.29) is 41.9 Å². The van der Waals surface area contributed by atoms with E-state index >= 15 is 0 Å². The van der Waals surface area contributed by atoms with Crippen LogP contribution in [-0.4, -0.2) is 53.3 Å². The van der Waals surface area contributed by atoms with E-state index in [1.807, 2.05) is 32.0 Å². The quantitative estimate of drug-likeness (QED) is 0.398. The minimum absolute atomic E-state index is 0.175. The van der Waals surface area contributed by atoms with Gasteiger partial charge in [0.05, 0.1) is 28.0 Å². The molecule has 0 aliphatic rings. The molecule has 192 valence electrons. The molecule has 1 N–H and O–H groups in total. The van der Waals surface area contributed by atoms with Crippen molar-refractivity contribution in [3.63, 3.8) is 0 Å². The van der Waals surface area contributed by atoms with Gasteiger partial charge in [-0.25, -0.2) is 4.68 Å². The largest absolute Gasteiger partial charge is 0.383 e. The summed E-state index contributed by atoms with van der Waals surface area (Å²) in [5.74, 6) is -0.171. The van der Waals surface area contributed by atoms with Crippen LogP contribution >= 0.6 is 23.2 Å². The minimum atomic E-state index is -0.356. The fourth-order valence-corrected chi connectivity index (χ4v) is 3.98. The summed E-state index contributed by atoms with van der Waals surface area (Å²) < 4.78 is 6.90. The standard InChI is InChI=1S/C27H32Cl2N4O3/c1-17-7-10-22(18(2)13-17)33-24(15-23(31-33)27(3,4)5)30-25(34)16-32(11-12-36-6)26(35)19-8-9-20(28)21(29)14-19/h7-10,13-15H,11-12,16H2,1-6H3,(H,30,34). The van der Waals surface area contributed by atoms with Crippen molar-refractivity contribution in [2.24, 2.45) is 0 Å². The lowest BCUT2D eigenvalue weighted by Gasteiger charge is -2.22. The van der Waals surface area contributed by atoms with Crippen molar-refractivity contribution in [3.8, 4) is 5.69 Å². The fraction of sp³-hybridized carbons (Fsp3) is 0.370. The molecular formula is C27H32Cl2N4O3. The Balaban J connectivity index is 1.89. The number of hydrogen-bond donors (Lipinski definition) is 1. The number of carbonyl (C=O) groups excluding carboxylic acids is 2. The van der Waals surface area contributed by atoms with Crippen molar-refractivity contribution in [2.45, 2.75) is 40.0 Å². The van der Waals surface area contributed by atoms with Gasteiger partial charge in [0.15, 0.2) is 0 Å². The van der Waals surface area contributed by atoms with E-state index in [4.69, 9.17) is 33.0 Å². The average molecular weight is 531 g/mol. The van der Waals surface area contributed by atoms with E-state index in [1.54, 1.807) is 23.9 Å². The molecule has 0 spiro atoms. The lowest BCUT2D eigenvalue weighted by atomic mass is 9.92.